The molecular formula is C22H25N3O4. The van der Waals surface area contributed by atoms with Crippen LogP contribution in [0.5, 0.6) is 11.5 Å². The number of carbonyl (C=O) groups excluding carboxylic acids is 1. The molecule has 0 aliphatic carbocycles. The number of fused-ring (bicyclic) bond motifs is 1. The normalized spacial score (nSPS) is 11.0. The van der Waals surface area contributed by atoms with Gasteiger partial charge in [-0.05, 0) is 38.1 Å². The molecule has 0 bridgehead atoms. The molecule has 0 aliphatic rings. The van der Waals surface area contributed by atoms with Crippen LogP contribution in [0.15, 0.2) is 52.0 Å². The van der Waals surface area contributed by atoms with Gasteiger partial charge < -0.3 is 18.8 Å². The van der Waals surface area contributed by atoms with Crippen LogP contribution >= 0.6 is 0 Å². The highest BCUT2D eigenvalue weighted by molar-refractivity contribution is 5.97. The van der Waals surface area contributed by atoms with Gasteiger partial charge in [-0.3, -0.25) is 4.79 Å². The minimum Gasteiger partial charge on any atom is -0.496 e. The van der Waals surface area contributed by atoms with E-state index in [0.29, 0.717) is 17.1 Å². The van der Waals surface area contributed by atoms with E-state index < -0.39 is 5.91 Å². The Hall–Kier alpha value is -3.48. The molecule has 0 saturated carbocycles. The second kappa shape index (κ2) is 9.14. The van der Waals surface area contributed by atoms with Crippen LogP contribution in [0.4, 0.5) is 5.69 Å². The number of hydrogen-bond donors (Lipinski definition) is 1. The lowest BCUT2D eigenvalue weighted by Crippen LogP contribution is -2.21. The molecule has 0 saturated heterocycles. The van der Waals surface area contributed by atoms with Gasteiger partial charge in [0.1, 0.15) is 5.75 Å². The third-order valence-electron chi connectivity index (χ3n) is 4.67. The molecule has 0 fully saturated rings. The maximum absolute atomic E-state index is 12.4. The van der Waals surface area contributed by atoms with Crippen molar-refractivity contribution in [2.75, 3.05) is 32.2 Å². The largest absolute Gasteiger partial charge is 0.496 e. The highest BCUT2D eigenvalue weighted by Gasteiger charge is 2.14. The number of rotatable bonds is 8. The van der Waals surface area contributed by atoms with Crippen molar-refractivity contribution in [1.82, 2.24) is 5.43 Å². The summed E-state index contributed by atoms with van der Waals surface area (Å²) in [7, 11) is 3.17. The fourth-order valence-electron chi connectivity index (χ4n) is 3.12. The summed E-state index contributed by atoms with van der Waals surface area (Å²) in [5, 5.41) is 4.83. The number of carbonyl (C=O) groups is 1. The Labute approximate surface area is 169 Å². The van der Waals surface area contributed by atoms with Gasteiger partial charge in [-0.25, -0.2) is 5.43 Å². The number of para-hydroxylation sites is 1. The first-order chi connectivity index (χ1) is 14.1. The lowest BCUT2D eigenvalue weighted by atomic mass is 10.2. The summed E-state index contributed by atoms with van der Waals surface area (Å²) in [6.45, 7) is 6.03. The van der Waals surface area contributed by atoms with Crippen molar-refractivity contribution < 1.29 is 18.7 Å². The SMILES string of the molecule is CCN(CC)c1ccc(/C=N\NC(=O)c2cc3cccc(OC)c3o2)c(OC)c1. The van der Waals surface area contributed by atoms with E-state index in [4.69, 9.17) is 13.9 Å². The first-order valence-electron chi connectivity index (χ1n) is 9.44. The van der Waals surface area contributed by atoms with E-state index in [9.17, 15) is 4.79 Å². The zero-order valence-electron chi connectivity index (χ0n) is 17.1. The topological polar surface area (TPSA) is 76.3 Å². The first kappa shape index (κ1) is 20.3. The molecule has 0 aliphatic heterocycles. The van der Waals surface area contributed by atoms with Gasteiger partial charge in [-0.1, -0.05) is 12.1 Å². The Balaban J connectivity index is 1.74. The van der Waals surface area contributed by atoms with Crippen LogP contribution in [-0.4, -0.2) is 39.4 Å². The molecule has 0 unspecified atom stereocenters. The molecule has 1 heterocycles. The minimum atomic E-state index is -0.446. The molecule has 1 amide bonds. The number of ether oxygens (including phenoxy) is 2. The van der Waals surface area contributed by atoms with Crippen molar-refractivity contribution in [2.24, 2.45) is 5.10 Å². The fraction of sp³-hybridized carbons (Fsp3) is 0.273. The lowest BCUT2D eigenvalue weighted by Gasteiger charge is -2.21. The van der Waals surface area contributed by atoms with Crippen molar-refractivity contribution in [3.05, 3.63) is 53.8 Å². The van der Waals surface area contributed by atoms with E-state index in [1.807, 2.05) is 30.3 Å². The molecule has 2 aromatic carbocycles. The number of furan rings is 1. The molecule has 3 rings (SSSR count). The Bertz CT molecular complexity index is 1020. The number of anilines is 1. The van der Waals surface area contributed by atoms with Gasteiger partial charge >= 0.3 is 5.91 Å². The van der Waals surface area contributed by atoms with E-state index in [2.05, 4.69) is 29.3 Å². The predicted octanol–water partition coefficient (Wildman–Crippen LogP) is 4.06. The summed E-state index contributed by atoms with van der Waals surface area (Å²) >= 11 is 0. The number of amides is 1. The van der Waals surface area contributed by atoms with Crippen molar-refractivity contribution >= 4 is 28.8 Å². The molecule has 7 heteroatoms. The number of methoxy groups -OCH3 is 2. The van der Waals surface area contributed by atoms with Gasteiger partial charge in [0, 0.05) is 35.8 Å². The van der Waals surface area contributed by atoms with Crippen LogP contribution in [0.1, 0.15) is 30.0 Å². The van der Waals surface area contributed by atoms with Crippen LogP contribution in [0.3, 0.4) is 0 Å². The molecule has 1 aromatic heterocycles. The minimum absolute atomic E-state index is 0.158. The molecular weight excluding hydrogens is 370 g/mol. The van der Waals surface area contributed by atoms with Crippen LogP contribution in [0.2, 0.25) is 0 Å². The summed E-state index contributed by atoms with van der Waals surface area (Å²) in [6, 6.07) is 13.0. The molecule has 0 atom stereocenters. The second-order valence-electron chi connectivity index (χ2n) is 6.29. The lowest BCUT2D eigenvalue weighted by molar-refractivity contribution is 0.0929. The zero-order chi connectivity index (χ0) is 20.8. The smallest absolute Gasteiger partial charge is 0.307 e. The van der Waals surface area contributed by atoms with Gasteiger partial charge in [0.15, 0.2) is 17.1 Å². The highest BCUT2D eigenvalue weighted by atomic mass is 16.5. The van der Waals surface area contributed by atoms with Gasteiger partial charge in [-0.2, -0.15) is 5.10 Å². The van der Waals surface area contributed by atoms with E-state index in [1.54, 1.807) is 32.6 Å². The van der Waals surface area contributed by atoms with Crippen LogP contribution in [0, 0.1) is 0 Å². The standard InChI is InChI=1S/C22H25N3O4/c1-5-25(6-2)17-11-10-16(19(13-17)28-4)14-23-24-22(26)20-12-15-8-7-9-18(27-3)21(15)29-20/h7-14H,5-6H2,1-4H3,(H,24,26)/b23-14-. The van der Waals surface area contributed by atoms with E-state index in [1.165, 1.54) is 0 Å². The zero-order valence-corrected chi connectivity index (χ0v) is 17.1. The van der Waals surface area contributed by atoms with Crippen molar-refractivity contribution in [1.29, 1.82) is 0 Å². The quantitative estimate of drug-likeness (QED) is 0.460. The third-order valence-corrected chi connectivity index (χ3v) is 4.67. The van der Waals surface area contributed by atoms with Crippen molar-refractivity contribution in [3.8, 4) is 11.5 Å². The number of nitrogens with one attached hydrogen (secondary N) is 1. The molecule has 1 N–H and O–H groups in total. The van der Waals surface area contributed by atoms with E-state index in [0.717, 1.165) is 29.7 Å². The maximum atomic E-state index is 12.4. The number of hydrogen-bond acceptors (Lipinski definition) is 6. The summed E-state index contributed by atoms with van der Waals surface area (Å²) in [4.78, 5) is 14.6. The summed E-state index contributed by atoms with van der Waals surface area (Å²) < 4.78 is 16.4. The average Bonchev–Trinajstić information content (AvgIpc) is 3.19. The van der Waals surface area contributed by atoms with Gasteiger partial charge in [0.2, 0.25) is 0 Å². The fourth-order valence-corrected chi connectivity index (χ4v) is 3.12. The summed E-state index contributed by atoms with van der Waals surface area (Å²) in [5.41, 5.74) is 4.85. The van der Waals surface area contributed by atoms with Gasteiger partial charge in [0.05, 0.1) is 20.4 Å². The van der Waals surface area contributed by atoms with E-state index >= 15 is 0 Å². The Morgan fingerprint density at radius 1 is 1.10 bits per heavy atom. The molecule has 29 heavy (non-hydrogen) atoms. The molecule has 0 spiro atoms. The molecule has 0 radical (unpaired) electrons. The van der Waals surface area contributed by atoms with Crippen LogP contribution < -0.4 is 19.8 Å². The van der Waals surface area contributed by atoms with Crippen molar-refractivity contribution in [3.63, 3.8) is 0 Å². The number of hydrazone groups is 1. The van der Waals surface area contributed by atoms with Crippen LogP contribution in [-0.2, 0) is 0 Å². The maximum Gasteiger partial charge on any atom is 0.307 e. The second-order valence-corrected chi connectivity index (χ2v) is 6.29. The van der Waals surface area contributed by atoms with E-state index in [-0.39, 0.29) is 5.76 Å². The Kier molecular flexibility index (Phi) is 6.39. The summed E-state index contributed by atoms with van der Waals surface area (Å²) in [6.07, 6.45) is 1.55. The van der Waals surface area contributed by atoms with Gasteiger partial charge in [0.25, 0.3) is 0 Å². The summed E-state index contributed by atoms with van der Waals surface area (Å²) in [5.74, 6) is 0.965. The highest BCUT2D eigenvalue weighted by Crippen LogP contribution is 2.28. The van der Waals surface area contributed by atoms with Gasteiger partial charge in [-0.15, -0.1) is 0 Å². The van der Waals surface area contributed by atoms with Crippen molar-refractivity contribution in [2.45, 2.75) is 13.8 Å². The molecule has 3 aromatic rings. The van der Waals surface area contributed by atoms with Crippen LogP contribution in [0.25, 0.3) is 11.0 Å². The molecule has 7 nitrogen and oxygen atoms in total. The monoisotopic (exact) mass is 395 g/mol. The number of benzene rings is 2. The average molecular weight is 395 g/mol. The Morgan fingerprint density at radius 2 is 1.86 bits per heavy atom. The first-order valence-corrected chi connectivity index (χ1v) is 9.44. The predicted molar refractivity (Wildman–Crippen MR) is 114 cm³/mol. The Morgan fingerprint density at radius 3 is 2.55 bits per heavy atom. The molecule has 152 valence electrons. The number of nitrogens with zero attached hydrogens (tertiary/aromatic N) is 2. The third kappa shape index (κ3) is 4.34.